The molecule has 1 amide bonds. The van der Waals surface area contributed by atoms with Crippen LogP contribution < -0.4 is 4.74 Å². The van der Waals surface area contributed by atoms with Crippen molar-refractivity contribution in [2.24, 2.45) is 0 Å². The van der Waals surface area contributed by atoms with Gasteiger partial charge >= 0.3 is 0 Å². The second kappa shape index (κ2) is 7.16. The van der Waals surface area contributed by atoms with Crippen molar-refractivity contribution in [3.05, 3.63) is 59.7 Å². The molecule has 0 spiro atoms. The third kappa shape index (κ3) is 3.62. The Kier molecular flexibility index (Phi) is 4.96. The molecular weight excluding hydrogens is 332 g/mol. The summed E-state index contributed by atoms with van der Waals surface area (Å²) in [6, 6.07) is 9.50. The molecule has 132 valence electrons. The van der Waals surface area contributed by atoms with Crippen LogP contribution >= 0.6 is 0 Å². The van der Waals surface area contributed by atoms with Crippen LogP contribution in [0, 0.1) is 11.6 Å². The van der Waals surface area contributed by atoms with Gasteiger partial charge in [0.25, 0.3) is 5.91 Å². The number of likely N-dealkylation sites (N-methyl/N-ethyl adjacent to an activating group) is 1. The van der Waals surface area contributed by atoms with Crippen LogP contribution in [-0.4, -0.2) is 48.3 Å². The Morgan fingerprint density at radius 3 is 2.40 bits per heavy atom. The highest BCUT2D eigenvalue weighted by molar-refractivity contribution is 5.94. The highest BCUT2D eigenvalue weighted by atomic mass is 19.1. The molecule has 2 aromatic rings. The third-order valence-electron chi connectivity index (χ3n) is 4.05. The number of ether oxygens (including phenoxy) is 2. The fourth-order valence-electron chi connectivity index (χ4n) is 2.64. The minimum absolute atomic E-state index is 0.120. The Hall–Kier alpha value is -2.51. The van der Waals surface area contributed by atoms with E-state index in [1.54, 1.807) is 30.3 Å². The van der Waals surface area contributed by atoms with Gasteiger partial charge in [-0.25, -0.2) is 8.78 Å². The molecule has 0 aromatic heterocycles. The zero-order chi connectivity index (χ0) is 18.0. The Bertz CT molecular complexity index is 746. The lowest BCUT2D eigenvalue weighted by Gasteiger charge is -2.25. The molecule has 1 heterocycles. The molecule has 1 saturated heterocycles. The molecule has 0 saturated carbocycles. The number of halogens is 2. The normalized spacial score (nSPS) is 19.7. The molecule has 0 bridgehead atoms. The Labute approximate surface area is 143 Å². The van der Waals surface area contributed by atoms with Gasteiger partial charge in [0.2, 0.25) is 0 Å². The van der Waals surface area contributed by atoms with Gasteiger partial charge in [-0.3, -0.25) is 4.79 Å². The summed E-state index contributed by atoms with van der Waals surface area (Å²) < 4.78 is 38.8. The van der Waals surface area contributed by atoms with Crippen LogP contribution in [0.15, 0.2) is 42.5 Å². The zero-order valence-electron chi connectivity index (χ0n) is 13.5. The van der Waals surface area contributed by atoms with Crippen molar-refractivity contribution in [2.75, 3.05) is 20.3 Å². The van der Waals surface area contributed by atoms with E-state index in [2.05, 4.69) is 0 Å². The van der Waals surface area contributed by atoms with Gasteiger partial charge < -0.3 is 19.5 Å². The highest BCUT2D eigenvalue weighted by Gasteiger charge is 2.33. The first-order chi connectivity index (χ1) is 12.0. The number of hydrogen-bond donors (Lipinski definition) is 1. The third-order valence-corrected chi connectivity index (χ3v) is 4.05. The van der Waals surface area contributed by atoms with E-state index in [0.29, 0.717) is 0 Å². The Morgan fingerprint density at radius 2 is 1.84 bits per heavy atom. The second-order valence-corrected chi connectivity index (χ2v) is 5.77. The summed E-state index contributed by atoms with van der Waals surface area (Å²) in [5.74, 6) is -2.87. The van der Waals surface area contributed by atoms with Gasteiger partial charge in [0, 0.05) is 12.6 Å². The van der Waals surface area contributed by atoms with E-state index in [-0.39, 0.29) is 24.5 Å². The summed E-state index contributed by atoms with van der Waals surface area (Å²) in [4.78, 5) is 13.7. The van der Waals surface area contributed by atoms with E-state index < -0.39 is 35.4 Å². The largest absolute Gasteiger partial charge is 0.451 e. The maximum absolute atomic E-state index is 14.3. The van der Waals surface area contributed by atoms with Gasteiger partial charge in [-0.15, -0.1) is 0 Å². The number of aliphatic hydroxyl groups is 1. The van der Waals surface area contributed by atoms with Gasteiger partial charge in [-0.05, 0) is 24.3 Å². The van der Waals surface area contributed by atoms with Crippen LogP contribution in [0.4, 0.5) is 8.78 Å². The van der Waals surface area contributed by atoms with Gasteiger partial charge in [0.15, 0.2) is 17.4 Å². The lowest BCUT2D eigenvalue weighted by Crippen LogP contribution is -2.44. The quantitative estimate of drug-likeness (QED) is 0.922. The predicted molar refractivity (Wildman–Crippen MR) is 85.6 cm³/mol. The first-order valence-corrected chi connectivity index (χ1v) is 7.72. The minimum Gasteiger partial charge on any atom is -0.451 e. The van der Waals surface area contributed by atoms with Crippen LogP contribution in [0.2, 0.25) is 0 Å². The molecule has 1 aliphatic heterocycles. The van der Waals surface area contributed by atoms with Crippen LogP contribution in [-0.2, 0) is 4.74 Å². The van der Waals surface area contributed by atoms with Crippen molar-refractivity contribution in [3.8, 4) is 11.5 Å². The van der Waals surface area contributed by atoms with E-state index in [9.17, 15) is 18.7 Å². The van der Waals surface area contributed by atoms with Gasteiger partial charge in [0.1, 0.15) is 5.75 Å². The number of para-hydroxylation sites is 1. The Morgan fingerprint density at radius 1 is 1.20 bits per heavy atom. The summed E-state index contributed by atoms with van der Waals surface area (Å²) in [6.07, 6.45) is -0.829. The Balaban J connectivity index is 1.83. The summed E-state index contributed by atoms with van der Waals surface area (Å²) >= 11 is 0. The molecule has 5 nitrogen and oxygen atoms in total. The van der Waals surface area contributed by atoms with Crippen LogP contribution in [0.25, 0.3) is 0 Å². The monoisotopic (exact) mass is 349 g/mol. The predicted octanol–water partition coefficient (Wildman–Crippen LogP) is 2.59. The van der Waals surface area contributed by atoms with Crippen molar-refractivity contribution in [1.29, 1.82) is 0 Å². The van der Waals surface area contributed by atoms with Crippen molar-refractivity contribution in [2.45, 2.75) is 12.1 Å². The molecule has 25 heavy (non-hydrogen) atoms. The average Bonchev–Trinajstić information content (AvgIpc) is 3.03. The molecule has 3 rings (SSSR count). The number of amides is 1. The fourth-order valence-corrected chi connectivity index (χ4v) is 2.64. The summed E-state index contributed by atoms with van der Waals surface area (Å²) in [7, 11) is 1.45. The molecule has 2 atom stereocenters. The maximum Gasteiger partial charge on any atom is 0.254 e. The standard InChI is InChI=1S/C18H17F2NO4/c1-21(15-9-24-10-16(15)22)18(23)11-7-13(19)17(14(20)8-11)25-12-5-3-2-4-6-12/h2-8,15-16,22H,9-10H2,1H3/t15-,16-/m1/s1. The van der Waals surface area contributed by atoms with E-state index in [4.69, 9.17) is 9.47 Å². The molecule has 1 N–H and O–H groups in total. The van der Waals surface area contributed by atoms with Crippen LogP contribution in [0.5, 0.6) is 11.5 Å². The number of nitrogens with zero attached hydrogens (tertiary/aromatic N) is 1. The van der Waals surface area contributed by atoms with E-state index in [0.717, 1.165) is 12.1 Å². The number of hydrogen-bond acceptors (Lipinski definition) is 4. The second-order valence-electron chi connectivity index (χ2n) is 5.77. The molecule has 0 unspecified atom stereocenters. The first-order valence-electron chi connectivity index (χ1n) is 7.72. The van der Waals surface area contributed by atoms with E-state index >= 15 is 0 Å². The number of benzene rings is 2. The lowest BCUT2D eigenvalue weighted by atomic mass is 10.1. The maximum atomic E-state index is 14.3. The highest BCUT2D eigenvalue weighted by Crippen LogP contribution is 2.29. The zero-order valence-corrected chi connectivity index (χ0v) is 13.5. The minimum atomic E-state index is -0.983. The number of rotatable bonds is 4. The van der Waals surface area contributed by atoms with Gasteiger partial charge in [-0.1, -0.05) is 18.2 Å². The molecular formula is C18H17F2NO4. The molecule has 1 aliphatic rings. The van der Waals surface area contributed by atoms with Gasteiger partial charge in [-0.2, -0.15) is 0 Å². The number of carbonyl (C=O) groups excluding carboxylic acids is 1. The summed E-state index contributed by atoms with van der Waals surface area (Å²) in [5.41, 5.74) is -0.169. The molecule has 1 fully saturated rings. The SMILES string of the molecule is CN(C(=O)c1cc(F)c(Oc2ccccc2)c(F)c1)[C@@H]1COC[C@H]1O. The summed E-state index contributed by atoms with van der Waals surface area (Å²) in [5, 5.41) is 9.79. The molecule has 0 radical (unpaired) electrons. The summed E-state index contributed by atoms with van der Waals surface area (Å²) in [6.45, 7) is 0.290. The van der Waals surface area contributed by atoms with Crippen molar-refractivity contribution >= 4 is 5.91 Å². The molecule has 0 aliphatic carbocycles. The molecule has 7 heteroatoms. The van der Waals surface area contributed by atoms with E-state index in [1.165, 1.54) is 11.9 Å². The van der Waals surface area contributed by atoms with Crippen LogP contribution in [0.3, 0.4) is 0 Å². The van der Waals surface area contributed by atoms with Crippen molar-refractivity contribution in [1.82, 2.24) is 4.90 Å². The van der Waals surface area contributed by atoms with Gasteiger partial charge in [0.05, 0.1) is 25.4 Å². The van der Waals surface area contributed by atoms with Crippen molar-refractivity contribution < 1.29 is 28.2 Å². The van der Waals surface area contributed by atoms with Crippen LogP contribution in [0.1, 0.15) is 10.4 Å². The average molecular weight is 349 g/mol. The molecule has 2 aromatic carbocycles. The smallest absolute Gasteiger partial charge is 0.254 e. The lowest BCUT2D eigenvalue weighted by molar-refractivity contribution is 0.0580. The topological polar surface area (TPSA) is 59.0 Å². The van der Waals surface area contributed by atoms with E-state index in [1.807, 2.05) is 0 Å². The number of aliphatic hydroxyl groups excluding tert-OH is 1. The number of carbonyl (C=O) groups is 1. The first kappa shape index (κ1) is 17.3. The van der Waals surface area contributed by atoms with Crippen molar-refractivity contribution in [3.63, 3.8) is 0 Å². The fraction of sp³-hybridized carbons (Fsp3) is 0.278.